The summed E-state index contributed by atoms with van der Waals surface area (Å²) in [5.74, 6) is 1.01. The van der Waals surface area contributed by atoms with E-state index in [-0.39, 0.29) is 5.78 Å². The summed E-state index contributed by atoms with van der Waals surface area (Å²) in [7, 11) is 0. The molecule has 5 nitrogen and oxygen atoms in total. The average Bonchev–Trinajstić information content (AvgIpc) is 3.06. The van der Waals surface area contributed by atoms with E-state index in [1.165, 1.54) is 0 Å². The Bertz CT molecular complexity index is 617. The first-order chi connectivity index (χ1) is 11.3. The van der Waals surface area contributed by atoms with Crippen LogP contribution in [0.5, 0.6) is 0 Å². The van der Waals surface area contributed by atoms with Crippen LogP contribution in [0.2, 0.25) is 0 Å². The first-order valence-corrected chi connectivity index (χ1v) is 7.99. The van der Waals surface area contributed by atoms with Crippen LogP contribution in [0.15, 0.2) is 40.9 Å². The number of hydrogen-bond acceptors (Lipinski definition) is 5. The van der Waals surface area contributed by atoms with E-state index < -0.39 is 0 Å². The van der Waals surface area contributed by atoms with E-state index in [0.29, 0.717) is 37.0 Å². The molecule has 1 aliphatic heterocycles. The van der Waals surface area contributed by atoms with E-state index in [1.54, 1.807) is 6.07 Å². The van der Waals surface area contributed by atoms with Gasteiger partial charge < -0.3 is 14.0 Å². The second-order valence-electron chi connectivity index (χ2n) is 5.84. The summed E-state index contributed by atoms with van der Waals surface area (Å²) in [6, 6.07) is 11.6. The highest BCUT2D eigenvalue weighted by atomic mass is 16.5. The fourth-order valence-corrected chi connectivity index (χ4v) is 2.67. The van der Waals surface area contributed by atoms with Crippen molar-refractivity contribution in [2.45, 2.75) is 32.5 Å². The second-order valence-corrected chi connectivity index (χ2v) is 5.84. The molecule has 1 aromatic carbocycles. The van der Waals surface area contributed by atoms with Gasteiger partial charge in [-0.25, -0.2) is 0 Å². The fourth-order valence-electron chi connectivity index (χ4n) is 2.67. The van der Waals surface area contributed by atoms with Gasteiger partial charge in [0.1, 0.15) is 12.3 Å². The lowest BCUT2D eigenvalue weighted by atomic mass is 9.93. The number of aromatic nitrogens is 1. The number of carbonyl (C=O) groups excluding carboxylic acids is 1. The van der Waals surface area contributed by atoms with E-state index in [9.17, 15) is 4.79 Å². The number of ether oxygens (including phenoxy) is 2. The number of Topliss-reactive ketones (excluding diaryl/α,β-unsaturated/α-hetero) is 1. The van der Waals surface area contributed by atoms with Gasteiger partial charge in [-0.15, -0.1) is 0 Å². The van der Waals surface area contributed by atoms with Crippen molar-refractivity contribution in [3.63, 3.8) is 0 Å². The van der Waals surface area contributed by atoms with Crippen LogP contribution in [0.1, 0.15) is 41.1 Å². The molecule has 1 fully saturated rings. The minimum Gasteiger partial charge on any atom is -0.381 e. The van der Waals surface area contributed by atoms with Gasteiger partial charge in [-0.3, -0.25) is 4.79 Å². The molecule has 0 amide bonds. The van der Waals surface area contributed by atoms with Crippen LogP contribution in [-0.4, -0.2) is 24.2 Å². The SMILES string of the molecule is O=C(CC1CCOCC1)c1cc(COCc2ccccc2)on1. The molecule has 0 N–H and O–H groups in total. The molecule has 2 aromatic rings. The zero-order chi connectivity index (χ0) is 15.9. The first-order valence-electron chi connectivity index (χ1n) is 7.99. The lowest BCUT2D eigenvalue weighted by Gasteiger charge is -2.20. The average molecular weight is 315 g/mol. The monoisotopic (exact) mass is 315 g/mol. The zero-order valence-corrected chi connectivity index (χ0v) is 13.1. The van der Waals surface area contributed by atoms with Gasteiger partial charge in [-0.2, -0.15) is 0 Å². The van der Waals surface area contributed by atoms with Crippen molar-refractivity contribution in [3.8, 4) is 0 Å². The highest BCUT2D eigenvalue weighted by Crippen LogP contribution is 2.21. The molecule has 1 aromatic heterocycles. The molecule has 3 rings (SSSR count). The number of ketones is 1. The maximum atomic E-state index is 12.2. The van der Waals surface area contributed by atoms with Crippen molar-refractivity contribution >= 4 is 5.78 Å². The number of carbonyl (C=O) groups is 1. The molecule has 0 spiro atoms. The van der Waals surface area contributed by atoms with Crippen molar-refractivity contribution in [2.75, 3.05) is 13.2 Å². The minimum atomic E-state index is 0.0370. The Hall–Kier alpha value is -1.98. The highest BCUT2D eigenvalue weighted by molar-refractivity contribution is 5.94. The van der Waals surface area contributed by atoms with Gasteiger partial charge in [0.2, 0.25) is 0 Å². The van der Waals surface area contributed by atoms with Crippen molar-refractivity contribution in [1.82, 2.24) is 5.16 Å². The molecule has 1 aliphatic rings. The summed E-state index contributed by atoms with van der Waals surface area (Å²) in [4.78, 5) is 12.2. The highest BCUT2D eigenvalue weighted by Gasteiger charge is 2.20. The van der Waals surface area contributed by atoms with E-state index >= 15 is 0 Å². The van der Waals surface area contributed by atoms with Gasteiger partial charge in [0.25, 0.3) is 0 Å². The van der Waals surface area contributed by atoms with Gasteiger partial charge in [-0.1, -0.05) is 35.5 Å². The largest absolute Gasteiger partial charge is 0.381 e. The fraction of sp³-hybridized carbons (Fsp3) is 0.444. The predicted molar refractivity (Wildman–Crippen MR) is 83.9 cm³/mol. The summed E-state index contributed by atoms with van der Waals surface area (Å²) in [5, 5.41) is 3.87. The smallest absolute Gasteiger partial charge is 0.185 e. The second kappa shape index (κ2) is 8.04. The molecule has 0 atom stereocenters. The van der Waals surface area contributed by atoms with Crippen LogP contribution in [0.25, 0.3) is 0 Å². The van der Waals surface area contributed by atoms with Crippen molar-refractivity contribution in [1.29, 1.82) is 0 Å². The molecule has 2 heterocycles. The van der Waals surface area contributed by atoms with Gasteiger partial charge in [0.15, 0.2) is 11.5 Å². The Morgan fingerprint density at radius 3 is 2.74 bits per heavy atom. The van der Waals surface area contributed by atoms with E-state index in [1.807, 2.05) is 30.3 Å². The first kappa shape index (κ1) is 15.9. The van der Waals surface area contributed by atoms with E-state index in [0.717, 1.165) is 31.6 Å². The number of rotatable bonds is 7. The standard InChI is InChI=1S/C18H21NO4/c20-18(10-14-6-8-21-9-7-14)17-11-16(23-19-17)13-22-12-15-4-2-1-3-5-15/h1-5,11,14H,6-10,12-13H2. The van der Waals surface area contributed by atoms with Gasteiger partial charge in [0.05, 0.1) is 6.61 Å². The van der Waals surface area contributed by atoms with Gasteiger partial charge in [0, 0.05) is 25.7 Å². The summed E-state index contributed by atoms with van der Waals surface area (Å²) in [5.41, 5.74) is 1.50. The van der Waals surface area contributed by atoms with E-state index in [4.69, 9.17) is 14.0 Å². The maximum Gasteiger partial charge on any atom is 0.185 e. The van der Waals surface area contributed by atoms with Crippen molar-refractivity contribution in [3.05, 3.63) is 53.4 Å². The van der Waals surface area contributed by atoms with Gasteiger partial charge in [-0.05, 0) is 24.3 Å². The van der Waals surface area contributed by atoms with Crippen LogP contribution >= 0.6 is 0 Å². The van der Waals surface area contributed by atoms with Crippen molar-refractivity contribution < 1.29 is 18.8 Å². The molecule has 0 unspecified atom stereocenters. The van der Waals surface area contributed by atoms with Crippen LogP contribution in [0.3, 0.4) is 0 Å². The molecule has 5 heteroatoms. The Morgan fingerprint density at radius 1 is 1.17 bits per heavy atom. The Balaban J connectivity index is 1.46. The maximum absolute atomic E-state index is 12.2. The van der Waals surface area contributed by atoms with Crippen molar-refractivity contribution in [2.24, 2.45) is 5.92 Å². The van der Waals surface area contributed by atoms with Crippen LogP contribution in [-0.2, 0) is 22.7 Å². The summed E-state index contributed by atoms with van der Waals surface area (Å²) < 4.78 is 16.1. The lowest BCUT2D eigenvalue weighted by Crippen LogP contribution is -2.18. The van der Waals surface area contributed by atoms with Crippen LogP contribution in [0, 0.1) is 5.92 Å². The molecule has 23 heavy (non-hydrogen) atoms. The number of hydrogen-bond donors (Lipinski definition) is 0. The van der Waals surface area contributed by atoms with E-state index in [2.05, 4.69) is 5.16 Å². The number of nitrogens with zero attached hydrogens (tertiary/aromatic N) is 1. The Morgan fingerprint density at radius 2 is 1.96 bits per heavy atom. The van der Waals surface area contributed by atoms with Crippen LogP contribution in [0.4, 0.5) is 0 Å². The molecule has 0 radical (unpaired) electrons. The quantitative estimate of drug-likeness (QED) is 0.733. The molecule has 0 saturated carbocycles. The Kier molecular flexibility index (Phi) is 5.56. The molecule has 1 saturated heterocycles. The molecule has 0 aliphatic carbocycles. The minimum absolute atomic E-state index is 0.0370. The molecule has 0 bridgehead atoms. The summed E-state index contributed by atoms with van der Waals surface area (Å²) >= 11 is 0. The normalized spacial score (nSPS) is 15.7. The topological polar surface area (TPSA) is 61.6 Å². The number of benzene rings is 1. The Labute approximate surface area is 135 Å². The predicted octanol–water partition coefficient (Wildman–Crippen LogP) is 3.39. The van der Waals surface area contributed by atoms with Crippen LogP contribution < -0.4 is 0 Å². The zero-order valence-electron chi connectivity index (χ0n) is 13.1. The summed E-state index contributed by atoms with van der Waals surface area (Å²) in [6.45, 7) is 2.31. The third-order valence-electron chi connectivity index (χ3n) is 4.02. The van der Waals surface area contributed by atoms with Gasteiger partial charge >= 0.3 is 0 Å². The third-order valence-corrected chi connectivity index (χ3v) is 4.02. The third kappa shape index (κ3) is 4.74. The molecular formula is C18H21NO4. The molecular weight excluding hydrogens is 294 g/mol. The molecule has 122 valence electrons. The lowest BCUT2D eigenvalue weighted by molar-refractivity contribution is 0.0598. The summed E-state index contributed by atoms with van der Waals surface area (Å²) in [6.07, 6.45) is 2.40.